The van der Waals surface area contributed by atoms with Crippen molar-refractivity contribution in [3.8, 4) is 5.75 Å². The molecule has 0 saturated carbocycles. The summed E-state index contributed by atoms with van der Waals surface area (Å²) in [7, 11) is -1.67. The molecule has 1 aliphatic heterocycles. The first-order valence-corrected chi connectivity index (χ1v) is 9.84. The fraction of sp³-hybridized carbons (Fsp3) is 0.444. The second-order valence-electron chi connectivity index (χ2n) is 6.01. The van der Waals surface area contributed by atoms with Crippen LogP contribution in [0.2, 0.25) is 0 Å². The fourth-order valence-corrected chi connectivity index (χ4v) is 5.33. The number of nitrogens with one attached hydrogen (secondary N) is 1. The third kappa shape index (κ3) is 3.01. The Kier molecular flexibility index (Phi) is 5.08. The second-order valence-corrected chi connectivity index (χ2v) is 7.87. The highest BCUT2D eigenvalue weighted by Crippen LogP contribution is 2.34. The van der Waals surface area contributed by atoms with Crippen molar-refractivity contribution in [3.05, 3.63) is 36.4 Å². The summed E-state index contributed by atoms with van der Waals surface area (Å²) in [5.41, 5.74) is 0. The van der Waals surface area contributed by atoms with E-state index in [2.05, 4.69) is 5.32 Å². The van der Waals surface area contributed by atoms with Crippen LogP contribution in [0.5, 0.6) is 5.75 Å². The molecule has 0 amide bonds. The molecule has 1 aliphatic rings. The van der Waals surface area contributed by atoms with Crippen LogP contribution in [-0.4, -0.2) is 45.5 Å². The van der Waals surface area contributed by atoms with E-state index in [0.717, 1.165) is 29.4 Å². The lowest BCUT2D eigenvalue weighted by Gasteiger charge is -2.25. The van der Waals surface area contributed by atoms with Crippen molar-refractivity contribution < 1.29 is 13.2 Å². The molecule has 24 heavy (non-hydrogen) atoms. The lowest BCUT2D eigenvalue weighted by atomic mass is 10.1. The molecule has 1 fully saturated rings. The summed E-state index contributed by atoms with van der Waals surface area (Å²) in [5, 5.41) is 4.66. The average Bonchev–Trinajstić information content (AvgIpc) is 3.05. The average molecular weight is 348 g/mol. The van der Waals surface area contributed by atoms with Gasteiger partial charge in [0.15, 0.2) is 0 Å². The summed E-state index contributed by atoms with van der Waals surface area (Å²) < 4.78 is 33.8. The van der Waals surface area contributed by atoms with Gasteiger partial charge in [-0.3, -0.25) is 0 Å². The molecule has 1 saturated heterocycles. The van der Waals surface area contributed by atoms with E-state index in [0.29, 0.717) is 24.6 Å². The molecule has 6 heteroatoms. The van der Waals surface area contributed by atoms with Gasteiger partial charge in [0.2, 0.25) is 10.0 Å². The van der Waals surface area contributed by atoms with Crippen LogP contribution in [-0.2, 0) is 10.0 Å². The number of likely N-dealkylation sites (N-methyl/N-ethyl adjacent to an activating group) is 1. The molecule has 0 bridgehead atoms. The minimum atomic E-state index is -3.53. The molecule has 0 aliphatic carbocycles. The van der Waals surface area contributed by atoms with E-state index in [4.69, 9.17) is 4.74 Å². The third-order valence-electron chi connectivity index (χ3n) is 4.49. The minimum Gasteiger partial charge on any atom is -0.493 e. The van der Waals surface area contributed by atoms with Gasteiger partial charge in [0.05, 0.1) is 11.5 Å². The van der Waals surface area contributed by atoms with Crippen molar-refractivity contribution in [1.29, 1.82) is 0 Å². The smallest absolute Gasteiger partial charge is 0.243 e. The molecule has 2 aromatic carbocycles. The molecule has 0 aromatic heterocycles. The minimum absolute atomic E-state index is 0.0188. The quantitative estimate of drug-likeness (QED) is 0.872. The monoisotopic (exact) mass is 348 g/mol. The van der Waals surface area contributed by atoms with Crippen molar-refractivity contribution in [2.24, 2.45) is 0 Å². The number of hydrogen-bond donors (Lipinski definition) is 1. The molecular weight excluding hydrogens is 324 g/mol. The molecule has 5 nitrogen and oxygen atoms in total. The predicted octanol–water partition coefficient (Wildman–Crippen LogP) is 2.61. The van der Waals surface area contributed by atoms with Gasteiger partial charge in [0, 0.05) is 29.9 Å². The van der Waals surface area contributed by atoms with E-state index in [1.165, 1.54) is 0 Å². The van der Waals surface area contributed by atoms with Crippen LogP contribution < -0.4 is 10.1 Å². The summed E-state index contributed by atoms with van der Waals surface area (Å²) >= 11 is 0. The Bertz CT molecular complexity index is 820. The first kappa shape index (κ1) is 17.2. The second kappa shape index (κ2) is 7.09. The molecular formula is C18H24N2O3S. The SMILES string of the molecule is CCOc1ccc(S(=O)(=O)N2CCCC2CNC)c2ccccc12. The Morgan fingerprint density at radius 1 is 1.21 bits per heavy atom. The van der Waals surface area contributed by atoms with E-state index in [1.54, 1.807) is 16.4 Å². The molecule has 130 valence electrons. The van der Waals surface area contributed by atoms with Crippen molar-refractivity contribution in [3.63, 3.8) is 0 Å². The zero-order valence-corrected chi connectivity index (χ0v) is 15.0. The molecule has 0 spiro atoms. The third-order valence-corrected chi connectivity index (χ3v) is 6.50. The lowest BCUT2D eigenvalue weighted by molar-refractivity contribution is 0.344. The largest absolute Gasteiger partial charge is 0.493 e. The van der Waals surface area contributed by atoms with Crippen LogP contribution in [0, 0.1) is 0 Å². The molecule has 1 heterocycles. The summed E-state index contributed by atoms with van der Waals surface area (Å²) in [6.45, 7) is 3.73. The number of hydrogen-bond acceptors (Lipinski definition) is 4. The van der Waals surface area contributed by atoms with Gasteiger partial charge in [-0.25, -0.2) is 8.42 Å². The summed E-state index contributed by atoms with van der Waals surface area (Å²) in [6.07, 6.45) is 1.80. The topological polar surface area (TPSA) is 58.6 Å². The predicted molar refractivity (Wildman–Crippen MR) is 96.0 cm³/mol. The highest BCUT2D eigenvalue weighted by molar-refractivity contribution is 7.89. The van der Waals surface area contributed by atoms with Gasteiger partial charge in [0.25, 0.3) is 0 Å². The number of nitrogens with zero attached hydrogens (tertiary/aromatic N) is 1. The zero-order valence-electron chi connectivity index (χ0n) is 14.2. The van der Waals surface area contributed by atoms with Crippen molar-refractivity contribution in [1.82, 2.24) is 9.62 Å². The van der Waals surface area contributed by atoms with E-state index in [9.17, 15) is 8.42 Å². The van der Waals surface area contributed by atoms with Gasteiger partial charge < -0.3 is 10.1 Å². The van der Waals surface area contributed by atoms with Crippen molar-refractivity contribution >= 4 is 20.8 Å². The Morgan fingerprint density at radius 3 is 2.67 bits per heavy atom. The van der Waals surface area contributed by atoms with Crippen molar-refractivity contribution in [2.75, 3.05) is 26.7 Å². The first-order valence-electron chi connectivity index (χ1n) is 8.40. The highest BCUT2D eigenvalue weighted by atomic mass is 32.2. The highest BCUT2D eigenvalue weighted by Gasteiger charge is 2.35. The molecule has 3 rings (SSSR count). The van der Waals surface area contributed by atoms with Gasteiger partial charge in [-0.15, -0.1) is 0 Å². The normalized spacial score (nSPS) is 19.0. The van der Waals surface area contributed by atoms with Crippen LogP contribution >= 0.6 is 0 Å². The molecule has 1 N–H and O–H groups in total. The van der Waals surface area contributed by atoms with E-state index in [-0.39, 0.29) is 6.04 Å². The Balaban J connectivity index is 2.10. The number of ether oxygens (including phenoxy) is 1. The fourth-order valence-electron chi connectivity index (χ4n) is 3.44. The van der Waals surface area contributed by atoms with Crippen molar-refractivity contribution in [2.45, 2.75) is 30.7 Å². The molecule has 1 atom stereocenters. The van der Waals surface area contributed by atoms with Gasteiger partial charge in [0.1, 0.15) is 5.75 Å². The van der Waals surface area contributed by atoms with Gasteiger partial charge in [-0.1, -0.05) is 24.3 Å². The van der Waals surface area contributed by atoms with Crippen LogP contribution in [0.3, 0.4) is 0 Å². The summed E-state index contributed by atoms with van der Waals surface area (Å²) in [4.78, 5) is 0.365. The van der Waals surface area contributed by atoms with Gasteiger partial charge >= 0.3 is 0 Å². The number of fused-ring (bicyclic) bond motifs is 1. The molecule has 2 aromatic rings. The Morgan fingerprint density at radius 2 is 1.96 bits per heavy atom. The summed E-state index contributed by atoms with van der Waals surface area (Å²) in [5.74, 6) is 0.722. The summed E-state index contributed by atoms with van der Waals surface area (Å²) in [6, 6.07) is 11.0. The molecule has 1 unspecified atom stereocenters. The lowest BCUT2D eigenvalue weighted by Crippen LogP contribution is -2.40. The van der Waals surface area contributed by atoms with Crippen LogP contribution in [0.15, 0.2) is 41.3 Å². The standard InChI is InChI=1S/C18H24N2O3S/c1-3-23-17-10-11-18(16-9-5-4-8-15(16)17)24(21,22)20-12-6-7-14(20)13-19-2/h4-5,8-11,14,19H,3,6-7,12-13H2,1-2H3. The van der Waals surface area contributed by atoms with E-state index >= 15 is 0 Å². The van der Waals surface area contributed by atoms with E-state index in [1.807, 2.05) is 38.2 Å². The van der Waals surface area contributed by atoms with Crippen LogP contribution in [0.4, 0.5) is 0 Å². The first-order chi connectivity index (χ1) is 11.6. The zero-order chi connectivity index (χ0) is 17.2. The number of rotatable bonds is 6. The molecule has 0 radical (unpaired) electrons. The Labute approximate surface area is 143 Å². The van der Waals surface area contributed by atoms with Crippen LogP contribution in [0.25, 0.3) is 10.8 Å². The Hall–Kier alpha value is -1.63. The van der Waals surface area contributed by atoms with Crippen LogP contribution in [0.1, 0.15) is 19.8 Å². The number of sulfonamides is 1. The van der Waals surface area contributed by atoms with E-state index < -0.39 is 10.0 Å². The maximum absolute atomic E-state index is 13.3. The maximum atomic E-state index is 13.3. The maximum Gasteiger partial charge on any atom is 0.243 e. The van der Waals surface area contributed by atoms with Gasteiger partial charge in [-0.2, -0.15) is 4.31 Å². The van der Waals surface area contributed by atoms with Gasteiger partial charge in [-0.05, 0) is 38.9 Å². The number of benzene rings is 2.